The van der Waals surface area contributed by atoms with Gasteiger partial charge < -0.3 is 10.6 Å². The second-order valence-electron chi connectivity index (χ2n) is 7.44. The van der Waals surface area contributed by atoms with Gasteiger partial charge in [-0.15, -0.1) is 0 Å². The first-order valence-electron chi connectivity index (χ1n) is 9.23. The molecule has 0 radical (unpaired) electrons. The van der Waals surface area contributed by atoms with E-state index in [0.29, 0.717) is 17.9 Å². The molecule has 1 aromatic carbocycles. The standard InChI is InChI=1S/C21H30N4/c1-16(2)24(3)21-10-9-17(12-23-21)13-25-14-19(11-22)20(15-25)18-7-5-4-6-8-18/h4-10,12,16,19-20H,11,13-15,22H2,1-3H3/t19-,20+/m1/s1. The molecule has 2 heterocycles. The van der Waals surface area contributed by atoms with Crippen LogP contribution in [0.25, 0.3) is 0 Å². The van der Waals surface area contributed by atoms with Crippen LogP contribution in [0.4, 0.5) is 5.82 Å². The van der Waals surface area contributed by atoms with Crippen LogP contribution in [0, 0.1) is 5.92 Å². The van der Waals surface area contributed by atoms with E-state index in [4.69, 9.17) is 5.73 Å². The van der Waals surface area contributed by atoms with Gasteiger partial charge in [0.15, 0.2) is 0 Å². The van der Waals surface area contributed by atoms with E-state index in [1.165, 1.54) is 11.1 Å². The Morgan fingerprint density at radius 2 is 1.92 bits per heavy atom. The van der Waals surface area contributed by atoms with Crippen molar-refractivity contribution in [1.82, 2.24) is 9.88 Å². The average Bonchev–Trinajstić information content (AvgIpc) is 3.05. The van der Waals surface area contributed by atoms with Gasteiger partial charge in [0.1, 0.15) is 5.82 Å². The van der Waals surface area contributed by atoms with Crippen LogP contribution in [0.15, 0.2) is 48.7 Å². The van der Waals surface area contributed by atoms with Crippen molar-refractivity contribution < 1.29 is 0 Å². The number of benzene rings is 1. The minimum Gasteiger partial charge on any atom is -0.357 e. The zero-order valence-electron chi connectivity index (χ0n) is 15.6. The van der Waals surface area contributed by atoms with E-state index in [-0.39, 0.29) is 0 Å². The highest BCUT2D eigenvalue weighted by Crippen LogP contribution is 2.32. The SMILES string of the molecule is CC(C)N(C)c1ccc(CN2C[C@@H](CN)[C@H](c3ccccc3)C2)cn1. The molecule has 1 aliphatic heterocycles. The molecule has 0 spiro atoms. The Morgan fingerprint density at radius 1 is 1.16 bits per heavy atom. The zero-order valence-corrected chi connectivity index (χ0v) is 15.6. The minimum absolute atomic E-state index is 0.453. The normalized spacial score (nSPS) is 21.0. The number of rotatable bonds is 6. The lowest BCUT2D eigenvalue weighted by Gasteiger charge is -2.23. The van der Waals surface area contributed by atoms with Gasteiger partial charge in [-0.25, -0.2) is 4.98 Å². The van der Waals surface area contributed by atoms with Crippen LogP contribution in [0.2, 0.25) is 0 Å². The third-order valence-electron chi connectivity index (χ3n) is 5.40. The maximum atomic E-state index is 6.05. The number of anilines is 1. The number of likely N-dealkylation sites (tertiary alicyclic amines) is 1. The monoisotopic (exact) mass is 338 g/mol. The van der Waals surface area contributed by atoms with E-state index in [1.54, 1.807) is 0 Å². The summed E-state index contributed by atoms with van der Waals surface area (Å²) in [5, 5.41) is 0. The second-order valence-corrected chi connectivity index (χ2v) is 7.44. The topological polar surface area (TPSA) is 45.4 Å². The fourth-order valence-corrected chi connectivity index (χ4v) is 3.65. The molecule has 1 aromatic heterocycles. The van der Waals surface area contributed by atoms with Crippen molar-refractivity contribution in [2.24, 2.45) is 11.7 Å². The summed E-state index contributed by atoms with van der Waals surface area (Å²) < 4.78 is 0. The van der Waals surface area contributed by atoms with Crippen molar-refractivity contribution in [2.75, 3.05) is 31.6 Å². The molecule has 0 saturated carbocycles. The third-order valence-corrected chi connectivity index (χ3v) is 5.40. The first kappa shape index (κ1) is 17.9. The number of nitrogens with two attached hydrogens (primary N) is 1. The fraction of sp³-hybridized carbons (Fsp3) is 0.476. The van der Waals surface area contributed by atoms with Gasteiger partial charge in [-0.05, 0) is 43.5 Å². The Kier molecular flexibility index (Phi) is 5.71. The van der Waals surface area contributed by atoms with Gasteiger partial charge in [0.25, 0.3) is 0 Å². The molecular weight excluding hydrogens is 308 g/mol. The highest BCUT2D eigenvalue weighted by atomic mass is 15.2. The Hall–Kier alpha value is -1.91. The smallest absolute Gasteiger partial charge is 0.128 e. The van der Waals surface area contributed by atoms with Crippen LogP contribution in [0.3, 0.4) is 0 Å². The summed E-state index contributed by atoms with van der Waals surface area (Å²) in [7, 11) is 2.09. The molecular formula is C21H30N4. The molecule has 2 atom stereocenters. The molecule has 0 aliphatic carbocycles. The molecule has 134 valence electrons. The van der Waals surface area contributed by atoms with E-state index in [9.17, 15) is 0 Å². The van der Waals surface area contributed by atoms with Crippen LogP contribution < -0.4 is 10.6 Å². The lowest BCUT2D eigenvalue weighted by Crippen LogP contribution is -2.26. The van der Waals surface area contributed by atoms with Crippen molar-refractivity contribution in [3.05, 3.63) is 59.8 Å². The lowest BCUT2D eigenvalue weighted by molar-refractivity contribution is 0.316. The Balaban J connectivity index is 1.65. The van der Waals surface area contributed by atoms with E-state index < -0.39 is 0 Å². The van der Waals surface area contributed by atoms with Gasteiger partial charge in [-0.1, -0.05) is 36.4 Å². The minimum atomic E-state index is 0.453. The quantitative estimate of drug-likeness (QED) is 0.879. The van der Waals surface area contributed by atoms with E-state index in [1.807, 2.05) is 6.20 Å². The third kappa shape index (κ3) is 4.20. The molecule has 0 amide bonds. The lowest BCUT2D eigenvalue weighted by atomic mass is 9.89. The number of aromatic nitrogens is 1. The maximum Gasteiger partial charge on any atom is 0.128 e. The van der Waals surface area contributed by atoms with Crippen molar-refractivity contribution in [3.8, 4) is 0 Å². The molecule has 0 bridgehead atoms. The average molecular weight is 338 g/mol. The van der Waals surface area contributed by atoms with Crippen molar-refractivity contribution >= 4 is 5.82 Å². The van der Waals surface area contributed by atoms with E-state index in [2.05, 4.69) is 78.1 Å². The summed E-state index contributed by atoms with van der Waals surface area (Å²) >= 11 is 0. The molecule has 25 heavy (non-hydrogen) atoms. The Labute approximate surface area is 151 Å². The van der Waals surface area contributed by atoms with Crippen LogP contribution >= 0.6 is 0 Å². The fourth-order valence-electron chi connectivity index (χ4n) is 3.65. The highest BCUT2D eigenvalue weighted by molar-refractivity contribution is 5.39. The van der Waals surface area contributed by atoms with Gasteiger partial charge in [-0.2, -0.15) is 0 Å². The molecule has 4 heteroatoms. The molecule has 2 aromatic rings. The molecule has 0 unspecified atom stereocenters. The van der Waals surface area contributed by atoms with Gasteiger partial charge in [0.05, 0.1) is 0 Å². The predicted octanol–water partition coefficient (Wildman–Crippen LogP) is 3.10. The summed E-state index contributed by atoms with van der Waals surface area (Å²) in [6.45, 7) is 8.17. The molecule has 1 aliphatic rings. The zero-order chi connectivity index (χ0) is 17.8. The summed E-state index contributed by atoms with van der Waals surface area (Å²) in [6, 6.07) is 15.6. The van der Waals surface area contributed by atoms with Crippen molar-refractivity contribution in [1.29, 1.82) is 0 Å². The van der Waals surface area contributed by atoms with Crippen molar-refractivity contribution in [3.63, 3.8) is 0 Å². The van der Waals surface area contributed by atoms with Crippen molar-refractivity contribution in [2.45, 2.75) is 32.4 Å². The summed E-state index contributed by atoms with van der Waals surface area (Å²) in [4.78, 5) is 9.33. The molecule has 1 saturated heterocycles. The van der Waals surface area contributed by atoms with Crippen LogP contribution in [-0.2, 0) is 6.54 Å². The first-order chi connectivity index (χ1) is 12.1. The summed E-state index contributed by atoms with van der Waals surface area (Å²) in [5.41, 5.74) is 8.73. The maximum absolute atomic E-state index is 6.05. The van der Waals surface area contributed by atoms with Gasteiger partial charge >= 0.3 is 0 Å². The second kappa shape index (κ2) is 7.98. The molecule has 1 fully saturated rings. The first-order valence-corrected chi connectivity index (χ1v) is 9.23. The molecule has 4 nitrogen and oxygen atoms in total. The number of pyridine rings is 1. The van der Waals surface area contributed by atoms with E-state index >= 15 is 0 Å². The van der Waals surface area contributed by atoms with Crippen LogP contribution in [0.5, 0.6) is 0 Å². The number of nitrogens with zero attached hydrogens (tertiary/aromatic N) is 3. The summed E-state index contributed by atoms with van der Waals surface area (Å²) in [6.07, 6.45) is 2.02. The van der Waals surface area contributed by atoms with E-state index in [0.717, 1.165) is 32.0 Å². The van der Waals surface area contributed by atoms with Crippen LogP contribution in [0.1, 0.15) is 30.9 Å². The van der Waals surface area contributed by atoms with Gasteiger partial charge in [-0.3, -0.25) is 4.90 Å². The summed E-state index contributed by atoms with van der Waals surface area (Å²) in [5.74, 6) is 2.09. The number of hydrogen-bond donors (Lipinski definition) is 1. The highest BCUT2D eigenvalue weighted by Gasteiger charge is 2.32. The Morgan fingerprint density at radius 3 is 2.52 bits per heavy atom. The molecule has 2 N–H and O–H groups in total. The largest absolute Gasteiger partial charge is 0.357 e. The van der Waals surface area contributed by atoms with Crippen LogP contribution in [-0.4, -0.2) is 42.6 Å². The number of hydrogen-bond acceptors (Lipinski definition) is 4. The predicted molar refractivity (Wildman–Crippen MR) is 105 cm³/mol. The Bertz CT molecular complexity index is 653. The molecule has 3 rings (SSSR count). The van der Waals surface area contributed by atoms with Gasteiger partial charge in [0.2, 0.25) is 0 Å². The van der Waals surface area contributed by atoms with Gasteiger partial charge in [0, 0.05) is 44.8 Å².